The predicted molar refractivity (Wildman–Crippen MR) is 85.4 cm³/mol. The van der Waals surface area contributed by atoms with Crippen molar-refractivity contribution in [3.8, 4) is 0 Å². The maximum absolute atomic E-state index is 11.9. The Balaban J connectivity index is 2.32. The molecule has 0 saturated carbocycles. The lowest BCUT2D eigenvalue weighted by atomic mass is 10.1. The topological polar surface area (TPSA) is 47.6 Å². The van der Waals surface area contributed by atoms with Crippen molar-refractivity contribution in [3.05, 3.63) is 0 Å². The summed E-state index contributed by atoms with van der Waals surface area (Å²) in [6.45, 7) is 4.43. The molecule has 0 aromatic heterocycles. The van der Waals surface area contributed by atoms with Crippen LogP contribution >= 0.6 is 0 Å². The molecule has 0 bridgehead atoms. The van der Waals surface area contributed by atoms with Gasteiger partial charge in [-0.3, -0.25) is 0 Å². The molecule has 21 heavy (non-hydrogen) atoms. The average Bonchev–Trinajstić information content (AvgIpc) is 2.47. The van der Waals surface area contributed by atoms with Crippen molar-refractivity contribution in [2.75, 3.05) is 26.3 Å². The second kappa shape index (κ2) is 13.1. The van der Waals surface area contributed by atoms with Gasteiger partial charge >= 0.3 is 5.97 Å². The maximum Gasteiger partial charge on any atom is 0.336 e. The summed E-state index contributed by atoms with van der Waals surface area (Å²) >= 11 is 0. The summed E-state index contributed by atoms with van der Waals surface area (Å²) in [5, 5.41) is 3.33. The summed E-state index contributed by atoms with van der Waals surface area (Å²) < 4.78 is 10.8. The van der Waals surface area contributed by atoms with Crippen molar-refractivity contribution in [3.63, 3.8) is 0 Å². The SMILES string of the molecule is CCOC(=O)C1CNCCCCCCCCCCCCO1. The molecule has 1 rings (SSSR count). The van der Waals surface area contributed by atoms with Crippen LogP contribution in [0.2, 0.25) is 0 Å². The minimum atomic E-state index is -0.446. The van der Waals surface area contributed by atoms with Crippen molar-refractivity contribution >= 4 is 5.97 Å². The summed E-state index contributed by atoms with van der Waals surface area (Å²) in [4.78, 5) is 11.9. The number of rotatable bonds is 2. The molecule has 4 heteroatoms. The van der Waals surface area contributed by atoms with Gasteiger partial charge in [0.2, 0.25) is 0 Å². The molecular weight excluding hydrogens is 266 g/mol. The third-order valence-electron chi connectivity index (χ3n) is 3.95. The van der Waals surface area contributed by atoms with E-state index in [0.29, 0.717) is 19.8 Å². The third-order valence-corrected chi connectivity index (χ3v) is 3.95. The Morgan fingerprint density at radius 3 is 2.19 bits per heavy atom. The lowest BCUT2D eigenvalue weighted by molar-refractivity contribution is -0.156. The number of nitrogens with one attached hydrogen (secondary N) is 1. The van der Waals surface area contributed by atoms with Gasteiger partial charge in [0.15, 0.2) is 6.10 Å². The molecule has 1 aliphatic rings. The summed E-state index contributed by atoms with van der Waals surface area (Å²) in [6.07, 6.45) is 12.3. The zero-order chi connectivity index (χ0) is 15.2. The fourth-order valence-electron chi connectivity index (χ4n) is 2.67. The Labute approximate surface area is 130 Å². The maximum atomic E-state index is 11.9. The summed E-state index contributed by atoms with van der Waals surface area (Å²) in [7, 11) is 0. The van der Waals surface area contributed by atoms with Crippen molar-refractivity contribution in [1.29, 1.82) is 0 Å². The highest BCUT2D eigenvalue weighted by molar-refractivity contribution is 5.74. The fraction of sp³-hybridized carbons (Fsp3) is 0.941. The highest BCUT2D eigenvalue weighted by Gasteiger charge is 2.19. The molecule has 1 unspecified atom stereocenters. The lowest BCUT2D eigenvalue weighted by Crippen LogP contribution is -2.37. The van der Waals surface area contributed by atoms with Gasteiger partial charge in [-0.1, -0.05) is 51.4 Å². The molecule has 1 aliphatic heterocycles. The second-order valence-corrected chi connectivity index (χ2v) is 5.85. The van der Waals surface area contributed by atoms with E-state index in [0.717, 1.165) is 13.0 Å². The van der Waals surface area contributed by atoms with Gasteiger partial charge in [0.05, 0.1) is 6.61 Å². The highest BCUT2D eigenvalue weighted by atomic mass is 16.6. The van der Waals surface area contributed by atoms with Crippen LogP contribution < -0.4 is 5.32 Å². The molecule has 1 saturated heterocycles. The Bertz CT molecular complexity index is 242. The molecule has 0 aliphatic carbocycles. The first kappa shape index (κ1) is 18.4. The first-order valence-electron chi connectivity index (χ1n) is 8.83. The molecule has 0 amide bonds. The summed E-state index contributed by atoms with van der Waals surface area (Å²) in [5.74, 6) is -0.230. The van der Waals surface area contributed by atoms with Gasteiger partial charge in [-0.05, 0) is 26.3 Å². The zero-order valence-electron chi connectivity index (χ0n) is 13.7. The van der Waals surface area contributed by atoms with Crippen molar-refractivity contribution in [1.82, 2.24) is 5.32 Å². The minimum absolute atomic E-state index is 0.230. The lowest BCUT2D eigenvalue weighted by Gasteiger charge is -2.17. The zero-order valence-corrected chi connectivity index (χ0v) is 13.7. The molecule has 1 N–H and O–H groups in total. The van der Waals surface area contributed by atoms with E-state index in [2.05, 4.69) is 5.32 Å². The van der Waals surface area contributed by atoms with E-state index in [4.69, 9.17) is 9.47 Å². The van der Waals surface area contributed by atoms with Gasteiger partial charge in [0.25, 0.3) is 0 Å². The van der Waals surface area contributed by atoms with E-state index >= 15 is 0 Å². The third kappa shape index (κ3) is 9.86. The number of hydrogen-bond donors (Lipinski definition) is 1. The highest BCUT2D eigenvalue weighted by Crippen LogP contribution is 2.11. The molecule has 0 aromatic carbocycles. The average molecular weight is 299 g/mol. The number of esters is 1. The number of carbonyl (C=O) groups is 1. The fourth-order valence-corrected chi connectivity index (χ4v) is 2.67. The van der Waals surface area contributed by atoms with Crippen LogP contribution in [0.3, 0.4) is 0 Å². The molecule has 0 radical (unpaired) electrons. The standard InChI is InChI=1S/C17H33NO3/c1-2-20-17(19)16-15-18-13-11-9-7-5-3-4-6-8-10-12-14-21-16/h16,18H,2-15H2,1H3. The smallest absolute Gasteiger partial charge is 0.336 e. The second-order valence-electron chi connectivity index (χ2n) is 5.85. The van der Waals surface area contributed by atoms with Crippen LogP contribution in [0.1, 0.15) is 71.1 Å². The molecule has 0 spiro atoms. The molecule has 1 atom stereocenters. The molecule has 124 valence electrons. The minimum Gasteiger partial charge on any atom is -0.464 e. The van der Waals surface area contributed by atoms with Crippen LogP contribution in [0.4, 0.5) is 0 Å². The normalized spacial score (nSPS) is 24.3. The van der Waals surface area contributed by atoms with Crippen LogP contribution in [0.25, 0.3) is 0 Å². The molecule has 1 heterocycles. The van der Waals surface area contributed by atoms with Gasteiger partial charge in [0.1, 0.15) is 0 Å². The van der Waals surface area contributed by atoms with Gasteiger partial charge in [0, 0.05) is 13.2 Å². The number of carbonyl (C=O) groups excluding carboxylic acids is 1. The molecule has 1 fully saturated rings. The summed E-state index contributed by atoms with van der Waals surface area (Å²) in [6, 6.07) is 0. The molecule has 0 aromatic rings. The van der Waals surface area contributed by atoms with Crippen LogP contribution in [0.15, 0.2) is 0 Å². The Morgan fingerprint density at radius 2 is 1.57 bits per heavy atom. The van der Waals surface area contributed by atoms with Crippen molar-refractivity contribution in [2.45, 2.75) is 77.2 Å². The Hall–Kier alpha value is -0.610. The largest absolute Gasteiger partial charge is 0.464 e. The van der Waals surface area contributed by atoms with Gasteiger partial charge in [-0.25, -0.2) is 4.79 Å². The van der Waals surface area contributed by atoms with E-state index in [1.807, 2.05) is 6.92 Å². The Kier molecular flexibility index (Phi) is 11.5. The van der Waals surface area contributed by atoms with E-state index in [1.54, 1.807) is 0 Å². The van der Waals surface area contributed by atoms with Gasteiger partial charge in [-0.15, -0.1) is 0 Å². The van der Waals surface area contributed by atoms with Crippen LogP contribution in [0.5, 0.6) is 0 Å². The van der Waals surface area contributed by atoms with Crippen LogP contribution in [-0.4, -0.2) is 38.4 Å². The molecule has 4 nitrogen and oxygen atoms in total. The van der Waals surface area contributed by atoms with Gasteiger partial charge in [-0.2, -0.15) is 0 Å². The van der Waals surface area contributed by atoms with E-state index < -0.39 is 6.10 Å². The monoisotopic (exact) mass is 299 g/mol. The van der Waals surface area contributed by atoms with Crippen molar-refractivity contribution < 1.29 is 14.3 Å². The first-order chi connectivity index (χ1) is 10.3. The van der Waals surface area contributed by atoms with E-state index in [1.165, 1.54) is 57.8 Å². The summed E-state index contributed by atoms with van der Waals surface area (Å²) in [5.41, 5.74) is 0. The van der Waals surface area contributed by atoms with E-state index in [-0.39, 0.29) is 5.97 Å². The predicted octanol–water partition coefficient (Wildman–Crippen LogP) is 3.44. The number of hydrogen-bond acceptors (Lipinski definition) is 4. The van der Waals surface area contributed by atoms with Gasteiger partial charge < -0.3 is 14.8 Å². The Morgan fingerprint density at radius 1 is 1.00 bits per heavy atom. The number of ether oxygens (including phenoxy) is 2. The van der Waals surface area contributed by atoms with E-state index in [9.17, 15) is 4.79 Å². The first-order valence-corrected chi connectivity index (χ1v) is 8.83. The van der Waals surface area contributed by atoms with Crippen molar-refractivity contribution in [2.24, 2.45) is 0 Å². The quantitative estimate of drug-likeness (QED) is 0.794. The van der Waals surface area contributed by atoms with Crippen LogP contribution in [0, 0.1) is 0 Å². The molecular formula is C17H33NO3. The van der Waals surface area contributed by atoms with Crippen LogP contribution in [-0.2, 0) is 14.3 Å².